The van der Waals surface area contributed by atoms with Crippen LogP contribution < -0.4 is 25.3 Å². The van der Waals surface area contributed by atoms with Gasteiger partial charge in [-0.1, -0.05) is 12.1 Å². The van der Waals surface area contributed by atoms with Crippen LogP contribution in [0.4, 0.5) is 23.3 Å². The first kappa shape index (κ1) is 21.2. The first-order valence-electron chi connectivity index (χ1n) is 12.0. The Hall–Kier alpha value is -2.61. The largest absolute Gasteiger partial charge is 0.372 e. The molecular weight excluding hydrogens is 418 g/mol. The van der Waals surface area contributed by atoms with Crippen molar-refractivity contribution in [1.82, 2.24) is 15.3 Å². The summed E-state index contributed by atoms with van der Waals surface area (Å²) in [6.07, 6.45) is 7.49. The molecule has 1 aromatic carbocycles. The van der Waals surface area contributed by atoms with Crippen molar-refractivity contribution in [3.05, 3.63) is 35.9 Å². The molecule has 3 aliphatic heterocycles. The van der Waals surface area contributed by atoms with Gasteiger partial charge >= 0.3 is 0 Å². The second-order valence-electron chi connectivity index (χ2n) is 8.96. The van der Waals surface area contributed by atoms with Gasteiger partial charge in [0.2, 0.25) is 5.95 Å². The SMILES string of the molecule is S=C(NCc1ccc(N2CCCC2)cc1)Nc1nc(N2CCCC2)cc(N2CCCC2)n1. The smallest absolute Gasteiger partial charge is 0.232 e. The van der Waals surface area contributed by atoms with Gasteiger partial charge < -0.3 is 25.3 Å². The molecule has 0 spiro atoms. The highest BCUT2D eigenvalue weighted by Crippen LogP contribution is 2.26. The summed E-state index contributed by atoms with van der Waals surface area (Å²) in [5.41, 5.74) is 2.52. The maximum Gasteiger partial charge on any atom is 0.232 e. The third-order valence-corrected chi connectivity index (χ3v) is 6.89. The van der Waals surface area contributed by atoms with E-state index in [9.17, 15) is 0 Å². The van der Waals surface area contributed by atoms with Crippen molar-refractivity contribution in [2.75, 3.05) is 59.3 Å². The van der Waals surface area contributed by atoms with Gasteiger partial charge in [0, 0.05) is 57.6 Å². The summed E-state index contributed by atoms with van der Waals surface area (Å²) in [4.78, 5) is 16.7. The highest BCUT2D eigenvalue weighted by Gasteiger charge is 2.20. The number of hydrogen-bond donors (Lipinski definition) is 2. The zero-order chi connectivity index (χ0) is 21.8. The fraction of sp³-hybridized carbons (Fsp3) is 0.542. The minimum Gasteiger partial charge on any atom is -0.372 e. The van der Waals surface area contributed by atoms with Gasteiger partial charge in [-0.05, 0) is 68.4 Å². The molecule has 0 aliphatic carbocycles. The lowest BCUT2D eigenvalue weighted by Crippen LogP contribution is -2.30. The van der Waals surface area contributed by atoms with E-state index in [-0.39, 0.29) is 0 Å². The van der Waals surface area contributed by atoms with Gasteiger partial charge in [0.05, 0.1) is 0 Å². The molecule has 8 heteroatoms. The monoisotopic (exact) mass is 451 g/mol. The fourth-order valence-corrected chi connectivity index (χ4v) is 4.99. The number of benzene rings is 1. The molecule has 32 heavy (non-hydrogen) atoms. The minimum atomic E-state index is 0.555. The van der Waals surface area contributed by atoms with Crippen LogP contribution in [-0.2, 0) is 6.54 Å². The molecule has 0 radical (unpaired) electrons. The Bertz CT molecular complexity index is 880. The van der Waals surface area contributed by atoms with Crippen LogP contribution in [0.25, 0.3) is 0 Å². The van der Waals surface area contributed by atoms with Gasteiger partial charge in [0.1, 0.15) is 11.6 Å². The number of hydrogen-bond acceptors (Lipinski definition) is 6. The summed E-state index contributed by atoms with van der Waals surface area (Å²) in [5.74, 6) is 2.59. The lowest BCUT2D eigenvalue weighted by atomic mass is 10.2. The zero-order valence-electron chi connectivity index (χ0n) is 18.7. The van der Waals surface area contributed by atoms with E-state index in [0.29, 0.717) is 17.6 Å². The lowest BCUT2D eigenvalue weighted by Gasteiger charge is -2.22. The molecule has 170 valence electrons. The van der Waals surface area contributed by atoms with Gasteiger partial charge in [-0.15, -0.1) is 0 Å². The number of thiocarbonyl (C=S) groups is 1. The van der Waals surface area contributed by atoms with Crippen LogP contribution >= 0.6 is 12.2 Å². The Morgan fingerprint density at radius 3 is 1.78 bits per heavy atom. The van der Waals surface area contributed by atoms with Crippen molar-refractivity contribution in [2.45, 2.75) is 45.1 Å². The number of rotatable bonds is 6. The van der Waals surface area contributed by atoms with Crippen LogP contribution in [0.5, 0.6) is 0 Å². The second-order valence-corrected chi connectivity index (χ2v) is 9.37. The highest BCUT2D eigenvalue weighted by molar-refractivity contribution is 7.80. The number of anilines is 4. The molecular formula is C24H33N7S. The Morgan fingerprint density at radius 2 is 1.25 bits per heavy atom. The summed E-state index contributed by atoms with van der Waals surface area (Å²) in [6.45, 7) is 7.26. The summed E-state index contributed by atoms with van der Waals surface area (Å²) in [6, 6.07) is 10.9. The summed E-state index contributed by atoms with van der Waals surface area (Å²) in [7, 11) is 0. The fourth-order valence-electron chi connectivity index (χ4n) is 4.82. The molecule has 0 unspecified atom stereocenters. The third-order valence-electron chi connectivity index (χ3n) is 6.65. The zero-order valence-corrected chi connectivity index (χ0v) is 19.5. The summed E-state index contributed by atoms with van der Waals surface area (Å²) >= 11 is 5.57. The Kier molecular flexibility index (Phi) is 6.57. The minimum absolute atomic E-state index is 0.555. The van der Waals surface area contributed by atoms with E-state index < -0.39 is 0 Å². The lowest BCUT2D eigenvalue weighted by molar-refractivity contribution is 0.894. The predicted octanol–water partition coefficient (Wildman–Crippen LogP) is 3.76. The van der Waals surface area contributed by atoms with Crippen molar-refractivity contribution in [2.24, 2.45) is 0 Å². The molecule has 0 saturated carbocycles. The molecule has 0 amide bonds. The normalized spacial score (nSPS) is 18.4. The average molecular weight is 452 g/mol. The quantitative estimate of drug-likeness (QED) is 0.644. The standard InChI is InChI=1S/C24H33N7S/c32-24(25-18-19-7-9-20(10-8-19)29-11-1-2-12-29)28-23-26-21(30-13-3-4-14-30)17-22(27-23)31-15-5-6-16-31/h7-10,17H,1-6,11-16,18H2,(H2,25,26,27,28,32). The van der Waals surface area contributed by atoms with Crippen LogP contribution in [0.15, 0.2) is 30.3 Å². The number of nitrogens with one attached hydrogen (secondary N) is 2. The molecule has 2 N–H and O–H groups in total. The predicted molar refractivity (Wildman–Crippen MR) is 136 cm³/mol. The van der Waals surface area contributed by atoms with E-state index in [1.807, 2.05) is 0 Å². The van der Waals surface area contributed by atoms with Crippen molar-refractivity contribution in [3.63, 3.8) is 0 Å². The molecule has 2 aromatic rings. The van der Waals surface area contributed by atoms with Crippen molar-refractivity contribution < 1.29 is 0 Å². The van der Waals surface area contributed by atoms with Crippen LogP contribution in [-0.4, -0.2) is 54.3 Å². The summed E-state index contributed by atoms with van der Waals surface area (Å²) < 4.78 is 0. The van der Waals surface area contributed by atoms with Crippen molar-refractivity contribution in [3.8, 4) is 0 Å². The molecule has 4 heterocycles. The molecule has 1 aromatic heterocycles. The second kappa shape index (κ2) is 9.90. The molecule has 5 rings (SSSR count). The first-order valence-corrected chi connectivity index (χ1v) is 12.4. The molecule has 0 atom stereocenters. The Morgan fingerprint density at radius 1 is 0.750 bits per heavy atom. The van der Waals surface area contributed by atoms with Gasteiger partial charge in [0.25, 0.3) is 0 Å². The van der Waals surface area contributed by atoms with E-state index in [4.69, 9.17) is 22.2 Å². The van der Waals surface area contributed by atoms with Crippen LogP contribution in [0.1, 0.15) is 44.1 Å². The molecule has 3 aliphatic rings. The molecule has 3 saturated heterocycles. The number of aromatic nitrogens is 2. The van der Waals surface area contributed by atoms with Gasteiger partial charge in [-0.3, -0.25) is 0 Å². The van der Waals surface area contributed by atoms with E-state index >= 15 is 0 Å². The van der Waals surface area contributed by atoms with Gasteiger partial charge in [-0.2, -0.15) is 9.97 Å². The van der Waals surface area contributed by atoms with Gasteiger partial charge in [0.15, 0.2) is 5.11 Å². The number of nitrogens with zero attached hydrogens (tertiary/aromatic N) is 5. The van der Waals surface area contributed by atoms with Crippen LogP contribution in [0.3, 0.4) is 0 Å². The third kappa shape index (κ3) is 5.06. The highest BCUT2D eigenvalue weighted by atomic mass is 32.1. The van der Waals surface area contributed by atoms with Gasteiger partial charge in [-0.25, -0.2) is 0 Å². The van der Waals surface area contributed by atoms with Crippen molar-refractivity contribution >= 4 is 40.6 Å². The van der Waals surface area contributed by atoms with E-state index in [0.717, 1.165) is 37.8 Å². The van der Waals surface area contributed by atoms with E-state index in [2.05, 4.69) is 55.7 Å². The first-order chi connectivity index (χ1) is 15.7. The molecule has 3 fully saturated rings. The summed E-state index contributed by atoms with van der Waals surface area (Å²) in [5, 5.41) is 7.10. The molecule has 7 nitrogen and oxygen atoms in total. The maximum atomic E-state index is 5.57. The maximum absolute atomic E-state index is 5.57. The molecule has 0 bridgehead atoms. The van der Waals surface area contributed by atoms with E-state index in [1.165, 1.54) is 62.9 Å². The van der Waals surface area contributed by atoms with E-state index in [1.54, 1.807) is 0 Å². The van der Waals surface area contributed by atoms with Crippen LogP contribution in [0.2, 0.25) is 0 Å². The topological polar surface area (TPSA) is 59.6 Å². The van der Waals surface area contributed by atoms with Crippen LogP contribution in [0, 0.1) is 0 Å². The Balaban J connectivity index is 1.22. The Labute approximate surface area is 196 Å². The average Bonchev–Trinajstić information content (AvgIpc) is 3.60. The van der Waals surface area contributed by atoms with Crippen molar-refractivity contribution in [1.29, 1.82) is 0 Å².